The van der Waals surface area contributed by atoms with Gasteiger partial charge in [-0.05, 0) is 47.6 Å². The zero-order valence-electron chi connectivity index (χ0n) is 14.6. The summed E-state index contributed by atoms with van der Waals surface area (Å²) in [5, 5.41) is 8.09. The first-order valence-electron chi connectivity index (χ1n) is 7.87. The summed E-state index contributed by atoms with van der Waals surface area (Å²) in [6.07, 6.45) is 2.86. The highest BCUT2D eigenvalue weighted by atomic mass is 16.5. The van der Waals surface area contributed by atoms with Crippen LogP contribution in [0.3, 0.4) is 0 Å². The van der Waals surface area contributed by atoms with Gasteiger partial charge in [0.2, 0.25) is 0 Å². The summed E-state index contributed by atoms with van der Waals surface area (Å²) in [5.74, 6) is 0.810. The summed E-state index contributed by atoms with van der Waals surface area (Å²) in [4.78, 5) is 0. The molecule has 21 heavy (non-hydrogen) atoms. The predicted molar refractivity (Wildman–Crippen MR) is 85.9 cm³/mol. The largest absolute Gasteiger partial charge is 0.493 e. The third-order valence-electron chi connectivity index (χ3n) is 3.59. The molecule has 1 heterocycles. The number of nitrogens with zero attached hydrogens (tertiary/aromatic N) is 2. The van der Waals surface area contributed by atoms with Crippen molar-refractivity contribution in [2.45, 2.75) is 65.6 Å². The Balaban J connectivity index is 3.27. The number of nitrogens with one attached hydrogen (secondary N) is 1. The number of rotatable bonds is 9. The molecular weight excluding hydrogens is 266 g/mol. The van der Waals surface area contributed by atoms with Gasteiger partial charge in [0.15, 0.2) is 5.75 Å². The van der Waals surface area contributed by atoms with Crippen LogP contribution in [-0.4, -0.2) is 35.6 Å². The molecule has 0 aliphatic rings. The van der Waals surface area contributed by atoms with E-state index in [-0.39, 0.29) is 17.7 Å². The van der Waals surface area contributed by atoms with Crippen molar-refractivity contribution < 1.29 is 9.47 Å². The summed E-state index contributed by atoms with van der Waals surface area (Å²) in [6, 6.07) is 0.296. The molecule has 5 nitrogen and oxygen atoms in total. The summed E-state index contributed by atoms with van der Waals surface area (Å²) >= 11 is 0. The molecule has 0 saturated carbocycles. The van der Waals surface area contributed by atoms with E-state index in [4.69, 9.17) is 9.47 Å². The molecule has 1 aromatic rings. The molecule has 1 unspecified atom stereocenters. The second-order valence-corrected chi connectivity index (χ2v) is 6.06. The Labute approximate surface area is 129 Å². The number of ether oxygens (including phenoxy) is 2. The zero-order chi connectivity index (χ0) is 16.0. The Morgan fingerprint density at radius 2 is 2.00 bits per heavy atom. The highest BCUT2D eigenvalue weighted by molar-refractivity contribution is 5.30. The molecule has 0 spiro atoms. The first kappa shape index (κ1) is 18.0. The van der Waals surface area contributed by atoms with Gasteiger partial charge in [-0.1, -0.05) is 6.92 Å². The average Bonchev–Trinajstić information content (AvgIpc) is 2.82. The minimum atomic E-state index is -0.343. The molecule has 0 aliphatic heterocycles. The van der Waals surface area contributed by atoms with Gasteiger partial charge in [-0.25, -0.2) is 0 Å². The molecule has 1 N–H and O–H groups in total. The molecule has 1 aromatic heterocycles. The van der Waals surface area contributed by atoms with Gasteiger partial charge in [-0.2, -0.15) is 5.10 Å². The zero-order valence-corrected chi connectivity index (χ0v) is 14.6. The Morgan fingerprint density at radius 1 is 1.33 bits per heavy atom. The van der Waals surface area contributed by atoms with Crippen molar-refractivity contribution >= 4 is 0 Å². The van der Waals surface area contributed by atoms with Gasteiger partial charge in [0, 0.05) is 12.6 Å². The van der Waals surface area contributed by atoms with E-state index in [1.807, 2.05) is 11.6 Å². The maximum Gasteiger partial charge on any atom is 0.161 e. The lowest BCUT2D eigenvalue weighted by molar-refractivity contribution is -0.0418. The van der Waals surface area contributed by atoms with Gasteiger partial charge < -0.3 is 14.8 Å². The lowest BCUT2D eigenvalue weighted by Gasteiger charge is -2.36. The van der Waals surface area contributed by atoms with Crippen LogP contribution >= 0.6 is 0 Å². The number of aromatic nitrogens is 2. The molecule has 0 bridgehead atoms. The van der Waals surface area contributed by atoms with Crippen molar-refractivity contribution in [1.29, 1.82) is 0 Å². The van der Waals surface area contributed by atoms with Crippen LogP contribution in [0.5, 0.6) is 5.75 Å². The smallest absolute Gasteiger partial charge is 0.161 e. The summed E-state index contributed by atoms with van der Waals surface area (Å²) in [5.41, 5.74) is 0.712. The summed E-state index contributed by atoms with van der Waals surface area (Å²) < 4.78 is 13.5. The third-order valence-corrected chi connectivity index (χ3v) is 3.59. The molecule has 122 valence electrons. The molecule has 1 atom stereocenters. The Kier molecular flexibility index (Phi) is 6.68. The van der Waals surface area contributed by atoms with Crippen LogP contribution in [0.2, 0.25) is 0 Å². The molecule has 5 heteroatoms. The molecule has 0 amide bonds. The van der Waals surface area contributed by atoms with Crippen LogP contribution in [0.25, 0.3) is 0 Å². The summed E-state index contributed by atoms with van der Waals surface area (Å²) in [6.45, 7) is 14.3. The van der Waals surface area contributed by atoms with Gasteiger partial charge in [-0.15, -0.1) is 0 Å². The quantitative estimate of drug-likeness (QED) is 0.759. The van der Waals surface area contributed by atoms with E-state index in [2.05, 4.69) is 45.0 Å². The lowest BCUT2D eigenvalue weighted by atomic mass is 9.94. The highest BCUT2D eigenvalue weighted by Gasteiger charge is 2.36. The van der Waals surface area contributed by atoms with Gasteiger partial charge in [0.1, 0.15) is 5.69 Å². The van der Waals surface area contributed by atoms with E-state index in [1.54, 1.807) is 13.3 Å². The Hall–Kier alpha value is -1.07. The van der Waals surface area contributed by atoms with Crippen LogP contribution in [0.4, 0.5) is 0 Å². The fourth-order valence-electron chi connectivity index (χ4n) is 2.61. The van der Waals surface area contributed by atoms with E-state index in [0.717, 1.165) is 24.4 Å². The maximum atomic E-state index is 5.99. The predicted octanol–water partition coefficient (Wildman–Crippen LogP) is 3.33. The van der Waals surface area contributed by atoms with Crippen molar-refractivity contribution in [3.05, 3.63) is 11.9 Å². The summed E-state index contributed by atoms with van der Waals surface area (Å²) in [7, 11) is 1.69. The van der Waals surface area contributed by atoms with E-state index >= 15 is 0 Å². The van der Waals surface area contributed by atoms with Crippen molar-refractivity contribution in [2.24, 2.45) is 0 Å². The monoisotopic (exact) mass is 297 g/mol. The van der Waals surface area contributed by atoms with Crippen molar-refractivity contribution in [3.8, 4) is 5.75 Å². The van der Waals surface area contributed by atoms with Crippen LogP contribution in [0.1, 0.15) is 65.7 Å². The highest BCUT2D eigenvalue weighted by Crippen LogP contribution is 2.35. The van der Waals surface area contributed by atoms with Gasteiger partial charge >= 0.3 is 0 Å². The third kappa shape index (κ3) is 4.20. The molecule has 0 fully saturated rings. The van der Waals surface area contributed by atoms with Crippen molar-refractivity contribution in [3.63, 3.8) is 0 Å². The van der Waals surface area contributed by atoms with E-state index in [1.165, 1.54) is 0 Å². The van der Waals surface area contributed by atoms with Crippen LogP contribution in [0, 0.1) is 0 Å². The Bertz CT molecular complexity index is 427. The minimum absolute atomic E-state index is 0.0252. The minimum Gasteiger partial charge on any atom is -0.493 e. The molecule has 1 rings (SSSR count). The fourth-order valence-corrected chi connectivity index (χ4v) is 2.61. The topological polar surface area (TPSA) is 48.3 Å². The molecule has 0 radical (unpaired) electrons. The van der Waals surface area contributed by atoms with E-state index in [0.29, 0.717) is 6.61 Å². The Morgan fingerprint density at radius 3 is 2.48 bits per heavy atom. The number of hydrogen-bond donors (Lipinski definition) is 1. The fraction of sp³-hybridized carbons (Fsp3) is 0.812. The van der Waals surface area contributed by atoms with Crippen molar-refractivity contribution in [1.82, 2.24) is 15.1 Å². The molecular formula is C16H31N3O2. The van der Waals surface area contributed by atoms with Crippen molar-refractivity contribution in [2.75, 3.05) is 20.3 Å². The first-order valence-corrected chi connectivity index (χ1v) is 7.87. The van der Waals surface area contributed by atoms with Gasteiger partial charge in [0.05, 0.1) is 24.9 Å². The van der Waals surface area contributed by atoms with Crippen LogP contribution < -0.4 is 10.1 Å². The second-order valence-electron chi connectivity index (χ2n) is 6.06. The molecule has 0 aromatic carbocycles. The molecule has 0 aliphatic carbocycles. The maximum absolute atomic E-state index is 5.99. The number of methoxy groups -OCH3 is 1. The lowest BCUT2D eigenvalue weighted by Crippen LogP contribution is -2.43. The van der Waals surface area contributed by atoms with Crippen LogP contribution in [0.15, 0.2) is 6.20 Å². The van der Waals surface area contributed by atoms with Gasteiger partial charge in [-0.3, -0.25) is 4.68 Å². The molecule has 0 saturated heterocycles. The van der Waals surface area contributed by atoms with Gasteiger partial charge in [0.25, 0.3) is 0 Å². The van der Waals surface area contributed by atoms with E-state index < -0.39 is 0 Å². The average molecular weight is 297 g/mol. The van der Waals surface area contributed by atoms with E-state index in [9.17, 15) is 0 Å². The van der Waals surface area contributed by atoms with Crippen LogP contribution in [-0.2, 0) is 4.74 Å². The SMILES string of the molecule is CCCNC(c1c(OC)cnn1C(C)C)C(C)(C)OCC. The second kappa shape index (κ2) is 7.80. The first-order chi connectivity index (χ1) is 9.88. The normalized spacial score (nSPS) is 13.7. The standard InChI is InChI=1S/C16H31N3O2/c1-8-10-17-15(16(5,6)21-9-2)14-13(20-7)11-18-19(14)12(3)4/h11-12,15,17H,8-10H2,1-7H3. The number of hydrogen-bond acceptors (Lipinski definition) is 4.